The molecule has 0 radical (unpaired) electrons. The fourth-order valence-electron chi connectivity index (χ4n) is 3.51. The van der Waals surface area contributed by atoms with Crippen LogP contribution in [0, 0.1) is 0 Å². The zero-order valence-electron chi connectivity index (χ0n) is 13.6. The first kappa shape index (κ1) is 14.7. The Morgan fingerprint density at radius 2 is 1.17 bits per heavy atom. The fourth-order valence-corrected chi connectivity index (χ4v) is 3.51. The molecule has 118 valence electrons. The number of aliphatic imine (C=N–C) groups is 1. The second-order valence-corrected chi connectivity index (χ2v) is 6.04. The van der Waals surface area contributed by atoms with Crippen molar-refractivity contribution in [3.05, 3.63) is 108 Å². The summed E-state index contributed by atoms with van der Waals surface area (Å²) >= 11 is 0. The predicted molar refractivity (Wildman–Crippen MR) is 97.0 cm³/mol. The molecule has 0 spiro atoms. The summed E-state index contributed by atoms with van der Waals surface area (Å²) in [5, 5.41) is 0. The van der Waals surface area contributed by atoms with Gasteiger partial charge in [0, 0.05) is 6.92 Å². The zero-order valence-corrected chi connectivity index (χ0v) is 13.6. The third-order valence-electron chi connectivity index (χ3n) is 4.53. The van der Waals surface area contributed by atoms with Crippen molar-refractivity contribution >= 4 is 5.90 Å². The third kappa shape index (κ3) is 2.31. The van der Waals surface area contributed by atoms with Gasteiger partial charge in [-0.1, -0.05) is 91.0 Å². The summed E-state index contributed by atoms with van der Waals surface area (Å²) in [5.74, 6) is 0.719. The van der Waals surface area contributed by atoms with Crippen LogP contribution < -0.4 is 0 Å². The Labute approximate surface area is 142 Å². The van der Waals surface area contributed by atoms with Crippen LogP contribution in [0.25, 0.3) is 0 Å². The van der Waals surface area contributed by atoms with Gasteiger partial charge in [0.05, 0.1) is 0 Å². The van der Waals surface area contributed by atoms with Gasteiger partial charge in [0.2, 0.25) is 0 Å². The van der Waals surface area contributed by atoms with Crippen LogP contribution >= 0.6 is 0 Å². The first-order valence-corrected chi connectivity index (χ1v) is 8.20. The molecule has 0 bridgehead atoms. The van der Waals surface area contributed by atoms with Crippen LogP contribution in [0.2, 0.25) is 0 Å². The molecule has 0 saturated carbocycles. The van der Waals surface area contributed by atoms with E-state index in [0.717, 1.165) is 22.6 Å². The molecule has 1 aliphatic rings. The molecule has 2 heteroatoms. The molecule has 1 aliphatic heterocycles. The zero-order chi connectivity index (χ0) is 16.4. The van der Waals surface area contributed by atoms with Crippen molar-refractivity contribution in [3.8, 4) is 0 Å². The molecule has 3 aromatic rings. The lowest BCUT2D eigenvalue weighted by Gasteiger charge is -2.33. The minimum Gasteiger partial charge on any atom is -0.470 e. The molecule has 1 atom stereocenters. The molecule has 3 aromatic carbocycles. The summed E-state index contributed by atoms with van der Waals surface area (Å²) in [4.78, 5) is 5.01. The Balaban J connectivity index is 1.98. The van der Waals surface area contributed by atoms with Crippen molar-refractivity contribution < 1.29 is 4.74 Å². The monoisotopic (exact) mass is 313 g/mol. The minimum atomic E-state index is -0.562. The standard InChI is InChI=1S/C22H19NO/c1-17-23-22(19-13-7-3-8-14-19,20-15-9-4-10-16-20)21(24-17)18-11-5-2-6-12-18/h2-16,21H,1H3/t21-/m0/s1. The highest BCUT2D eigenvalue weighted by atomic mass is 16.5. The summed E-state index contributed by atoms with van der Waals surface area (Å²) < 4.78 is 6.22. The van der Waals surface area contributed by atoms with E-state index in [9.17, 15) is 0 Å². The fraction of sp³-hybridized carbons (Fsp3) is 0.136. The van der Waals surface area contributed by atoms with E-state index in [0.29, 0.717) is 0 Å². The van der Waals surface area contributed by atoms with Gasteiger partial charge < -0.3 is 4.74 Å². The lowest BCUT2D eigenvalue weighted by atomic mass is 9.76. The summed E-state index contributed by atoms with van der Waals surface area (Å²) in [5.41, 5.74) is 2.85. The van der Waals surface area contributed by atoms with E-state index >= 15 is 0 Å². The van der Waals surface area contributed by atoms with E-state index in [2.05, 4.69) is 60.7 Å². The lowest BCUT2D eigenvalue weighted by Crippen LogP contribution is -2.30. The predicted octanol–water partition coefficient (Wildman–Crippen LogP) is 5.12. The largest absolute Gasteiger partial charge is 0.470 e. The molecule has 2 nitrogen and oxygen atoms in total. The van der Waals surface area contributed by atoms with Crippen molar-refractivity contribution in [2.24, 2.45) is 4.99 Å². The van der Waals surface area contributed by atoms with Crippen LogP contribution in [-0.2, 0) is 10.3 Å². The maximum absolute atomic E-state index is 6.22. The van der Waals surface area contributed by atoms with Crippen molar-refractivity contribution in [1.82, 2.24) is 0 Å². The molecule has 0 N–H and O–H groups in total. The minimum absolute atomic E-state index is 0.177. The van der Waals surface area contributed by atoms with E-state index < -0.39 is 5.54 Å². The van der Waals surface area contributed by atoms with Gasteiger partial charge in [0.1, 0.15) is 0 Å². The molecule has 0 saturated heterocycles. The van der Waals surface area contributed by atoms with Crippen LogP contribution in [0.3, 0.4) is 0 Å². The van der Waals surface area contributed by atoms with Gasteiger partial charge in [-0.05, 0) is 16.7 Å². The first-order chi connectivity index (χ1) is 11.8. The van der Waals surface area contributed by atoms with Gasteiger partial charge in [-0.15, -0.1) is 0 Å². The molecular weight excluding hydrogens is 294 g/mol. The lowest BCUT2D eigenvalue weighted by molar-refractivity contribution is 0.157. The van der Waals surface area contributed by atoms with Crippen molar-refractivity contribution in [3.63, 3.8) is 0 Å². The third-order valence-corrected chi connectivity index (χ3v) is 4.53. The van der Waals surface area contributed by atoms with E-state index in [1.165, 1.54) is 0 Å². The van der Waals surface area contributed by atoms with Crippen LogP contribution in [0.15, 0.2) is 96.0 Å². The highest BCUT2D eigenvalue weighted by Crippen LogP contribution is 2.50. The molecule has 0 aliphatic carbocycles. The quantitative estimate of drug-likeness (QED) is 0.657. The molecular formula is C22H19NO. The van der Waals surface area contributed by atoms with Crippen LogP contribution in [-0.4, -0.2) is 5.90 Å². The highest BCUT2D eigenvalue weighted by molar-refractivity contribution is 5.77. The molecule has 0 aromatic heterocycles. The summed E-state index contributed by atoms with van der Waals surface area (Å²) in [6.07, 6.45) is -0.177. The van der Waals surface area contributed by atoms with Gasteiger partial charge in [-0.2, -0.15) is 0 Å². The smallest absolute Gasteiger partial charge is 0.182 e. The van der Waals surface area contributed by atoms with Gasteiger partial charge in [0.15, 0.2) is 17.5 Å². The molecule has 4 rings (SSSR count). The van der Waals surface area contributed by atoms with Gasteiger partial charge in [-0.3, -0.25) is 0 Å². The summed E-state index contributed by atoms with van der Waals surface area (Å²) in [6.45, 7) is 1.93. The van der Waals surface area contributed by atoms with Crippen molar-refractivity contribution in [2.45, 2.75) is 18.6 Å². The topological polar surface area (TPSA) is 21.6 Å². The number of hydrogen-bond donors (Lipinski definition) is 0. The molecule has 0 fully saturated rings. The molecule has 0 unspecified atom stereocenters. The van der Waals surface area contributed by atoms with E-state index in [1.54, 1.807) is 0 Å². The normalized spacial score (nSPS) is 18.7. The maximum atomic E-state index is 6.22. The second-order valence-electron chi connectivity index (χ2n) is 6.04. The van der Waals surface area contributed by atoms with Crippen molar-refractivity contribution in [2.75, 3.05) is 0 Å². The van der Waals surface area contributed by atoms with Gasteiger partial charge >= 0.3 is 0 Å². The maximum Gasteiger partial charge on any atom is 0.182 e. The Kier molecular flexibility index (Phi) is 3.66. The molecule has 24 heavy (non-hydrogen) atoms. The Morgan fingerprint density at radius 1 is 0.708 bits per heavy atom. The Morgan fingerprint density at radius 3 is 1.67 bits per heavy atom. The van der Waals surface area contributed by atoms with Crippen LogP contribution in [0.5, 0.6) is 0 Å². The SMILES string of the molecule is CC1=NC(c2ccccc2)(c2ccccc2)[C@H](c2ccccc2)O1. The number of ether oxygens (including phenoxy) is 1. The second kappa shape index (κ2) is 5.97. The average molecular weight is 313 g/mol. The number of hydrogen-bond acceptors (Lipinski definition) is 2. The van der Waals surface area contributed by atoms with Crippen LogP contribution in [0.1, 0.15) is 29.7 Å². The van der Waals surface area contributed by atoms with Gasteiger partial charge in [-0.25, -0.2) is 4.99 Å². The Bertz CT molecular complexity index is 801. The van der Waals surface area contributed by atoms with E-state index in [-0.39, 0.29) is 6.10 Å². The Hall–Kier alpha value is -2.87. The number of nitrogens with zero attached hydrogens (tertiary/aromatic N) is 1. The van der Waals surface area contributed by atoms with E-state index in [1.807, 2.05) is 37.3 Å². The highest BCUT2D eigenvalue weighted by Gasteiger charge is 2.48. The first-order valence-electron chi connectivity index (χ1n) is 8.20. The van der Waals surface area contributed by atoms with E-state index in [4.69, 9.17) is 9.73 Å². The summed E-state index contributed by atoms with van der Waals surface area (Å²) in [7, 11) is 0. The van der Waals surface area contributed by atoms with Crippen LogP contribution in [0.4, 0.5) is 0 Å². The number of benzene rings is 3. The molecule has 0 amide bonds. The molecule has 1 heterocycles. The van der Waals surface area contributed by atoms with Crippen molar-refractivity contribution in [1.29, 1.82) is 0 Å². The summed E-state index contributed by atoms with van der Waals surface area (Å²) in [6, 6.07) is 31.2. The van der Waals surface area contributed by atoms with Gasteiger partial charge in [0.25, 0.3) is 0 Å². The average Bonchev–Trinajstić information content (AvgIpc) is 3.02. The number of rotatable bonds is 3.